The summed E-state index contributed by atoms with van der Waals surface area (Å²) in [5.74, 6) is -1.38. The molecule has 2 heterocycles. The topological polar surface area (TPSA) is 82.8 Å². The van der Waals surface area contributed by atoms with Crippen LogP contribution in [0.1, 0.15) is 36.7 Å². The third-order valence-corrected chi connectivity index (χ3v) is 4.53. The number of hydrogen-bond acceptors (Lipinski definition) is 3. The Balaban J connectivity index is 2.06. The van der Waals surface area contributed by atoms with Crippen molar-refractivity contribution >= 4 is 29.4 Å². The zero-order chi connectivity index (χ0) is 17.9. The van der Waals surface area contributed by atoms with Gasteiger partial charge in [0.05, 0.1) is 5.02 Å². The largest absolute Gasteiger partial charge is 0.480 e. The van der Waals surface area contributed by atoms with Crippen LogP contribution in [0.4, 0.5) is 0 Å². The number of amides is 2. The zero-order valence-corrected chi connectivity index (χ0v) is 14.6. The van der Waals surface area contributed by atoms with Crippen LogP contribution in [0.2, 0.25) is 5.02 Å². The Bertz CT molecular complexity index is 643. The molecule has 0 saturated carbocycles. The second kappa shape index (κ2) is 7.70. The molecular formula is C16H22ClN3O4. The van der Waals surface area contributed by atoms with Crippen LogP contribution in [0.25, 0.3) is 0 Å². The molecule has 24 heavy (non-hydrogen) atoms. The molecular weight excluding hydrogens is 334 g/mol. The predicted octanol–water partition coefficient (Wildman–Crippen LogP) is 1.61. The molecule has 0 unspecified atom stereocenters. The van der Waals surface area contributed by atoms with E-state index in [1.54, 1.807) is 28.8 Å². The Morgan fingerprint density at radius 2 is 2.04 bits per heavy atom. The molecule has 0 radical (unpaired) electrons. The molecule has 0 aliphatic carbocycles. The van der Waals surface area contributed by atoms with Crippen LogP contribution in [0.15, 0.2) is 12.3 Å². The van der Waals surface area contributed by atoms with Crippen molar-refractivity contribution in [3.05, 3.63) is 23.0 Å². The smallest absolute Gasteiger partial charge is 0.323 e. The first-order valence-electron chi connectivity index (χ1n) is 7.89. The maximum Gasteiger partial charge on any atom is 0.323 e. The van der Waals surface area contributed by atoms with Gasteiger partial charge >= 0.3 is 5.97 Å². The normalized spacial score (nSPS) is 18.1. The van der Waals surface area contributed by atoms with E-state index in [0.29, 0.717) is 36.6 Å². The molecule has 1 aliphatic rings. The summed E-state index contributed by atoms with van der Waals surface area (Å²) in [6.07, 6.45) is 3.65. The summed E-state index contributed by atoms with van der Waals surface area (Å²) in [7, 11) is 1.77. The minimum Gasteiger partial charge on any atom is -0.480 e. The van der Waals surface area contributed by atoms with Crippen LogP contribution in [-0.2, 0) is 16.6 Å². The van der Waals surface area contributed by atoms with Crippen molar-refractivity contribution in [2.75, 3.05) is 19.6 Å². The number of carboxylic acid groups (broad SMARTS) is 1. The average Bonchev–Trinajstić information content (AvgIpc) is 2.71. The first kappa shape index (κ1) is 18.3. The second-order valence-corrected chi connectivity index (χ2v) is 6.51. The number of aryl methyl sites for hydroxylation is 1. The number of aromatic nitrogens is 1. The Morgan fingerprint density at radius 1 is 1.33 bits per heavy atom. The minimum absolute atomic E-state index is 0.0994. The Labute approximate surface area is 145 Å². The molecule has 1 fully saturated rings. The number of halogens is 1. The number of carboxylic acids is 1. The van der Waals surface area contributed by atoms with Gasteiger partial charge in [-0.1, -0.05) is 11.6 Å². The van der Waals surface area contributed by atoms with E-state index in [1.165, 1.54) is 11.8 Å². The first-order valence-corrected chi connectivity index (χ1v) is 8.27. The van der Waals surface area contributed by atoms with Gasteiger partial charge in [-0.05, 0) is 25.3 Å². The molecule has 132 valence electrons. The standard InChI is InChI=1S/C16H22ClN3O4/c1-11(21)20(10-15(22)23)13-4-3-6-19(7-5-13)16(24)14-8-12(17)9-18(14)2/h8-9,13H,3-7,10H2,1-2H3,(H,22,23)/t13-/m1/s1. The maximum absolute atomic E-state index is 12.6. The SMILES string of the molecule is CC(=O)N(CC(=O)O)[C@@H]1CCCN(C(=O)c2cc(Cl)cn2C)CC1. The zero-order valence-electron chi connectivity index (χ0n) is 13.9. The second-order valence-electron chi connectivity index (χ2n) is 6.07. The third-order valence-electron chi connectivity index (χ3n) is 4.33. The highest BCUT2D eigenvalue weighted by Gasteiger charge is 2.28. The molecule has 1 atom stereocenters. The van der Waals surface area contributed by atoms with Crippen molar-refractivity contribution in [3.63, 3.8) is 0 Å². The first-order chi connectivity index (χ1) is 11.3. The minimum atomic E-state index is -1.03. The lowest BCUT2D eigenvalue weighted by Crippen LogP contribution is -2.43. The van der Waals surface area contributed by atoms with Crippen LogP contribution < -0.4 is 0 Å². The number of hydrogen-bond donors (Lipinski definition) is 1. The molecule has 2 amide bonds. The summed E-state index contributed by atoms with van der Waals surface area (Å²) >= 11 is 5.94. The molecule has 1 N–H and O–H groups in total. The van der Waals surface area contributed by atoms with Gasteiger partial charge in [0, 0.05) is 39.3 Å². The van der Waals surface area contributed by atoms with Crippen molar-refractivity contribution in [1.29, 1.82) is 0 Å². The van der Waals surface area contributed by atoms with E-state index in [9.17, 15) is 14.4 Å². The van der Waals surface area contributed by atoms with Crippen LogP contribution >= 0.6 is 11.6 Å². The lowest BCUT2D eigenvalue weighted by molar-refractivity contribution is -0.145. The van der Waals surface area contributed by atoms with Crippen LogP contribution in [-0.4, -0.2) is 62.9 Å². The summed E-state index contributed by atoms with van der Waals surface area (Å²) in [4.78, 5) is 38.5. The summed E-state index contributed by atoms with van der Waals surface area (Å²) in [5, 5.41) is 9.49. The monoisotopic (exact) mass is 355 g/mol. The van der Waals surface area contributed by atoms with Gasteiger partial charge in [-0.3, -0.25) is 14.4 Å². The summed E-state index contributed by atoms with van der Waals surface area (Å²) < 4.78 is 1.69. The quantitative estimate of drug-likeness (QED) is 0.889. The van der Waals surface area contributed by atoms with Gasteiger partial charge in [-0.25, -0.2) is 0 Å². The van der Waals surface area contributed by atoms with Crippen molar-refractivity contribution in [2.24, 2.45) is 7.05 Å². The number of rotatable bonds is 4. The lowest BCUT2D eigenvalue weighted by atomic mass is 10.1. The van der Waals surface area contributed by atoms with Gasteiger partial charge in [0.1, 0.15) is 12.2 Å². The molecule has 0 aromatic carbocycles. The molecule has 1 aromatic heterocycles. The Morgan fingerprint density at radius 3 is 2.58 bits per heavy atom. The summed E-state index contributed by atoms with van der Waals surface area (Å²) in [5.41, 5.74) is 0.521. The fourth-order valence-electron chi connectivity index (χ4n) is 3.14. The van der Waals surface area contributed by atoms with E-state index < -0.39 is 5.97 Å². The molecule has 1 aliphatic heterocycles. The number of nitrogens with zero attached hydrogens (tertiary/aromatic N) is 3. The highest BCUT2D eigenvalue weighted by Crippen LogP contribution is 2.20. The lowest BCUT2D eigenvalue weighted by Gasteiger charge is -2.28. The van der Waals surface area contributed by atoms with Gasteiger partial charge in [0.15, 0.2) is 0 Å². The molecule has 0 spiro atoms. The van der Waals surface area contributed by atoms with E-state index in [1.807, 2.05) is 0 Å². The van der Waals surface area contributed by atoms with Crippen molar-refractivity contribution < 1.29 is 19.5 Å². The average molecular weight is 356 g/mol. The number of carbonyl (C=O) groups is 3. The number of aliphatic carboxylic acids is 1. The van der Waals surface area contributed by atoms with Crippen molar-refractivity contribution in [3.8, 4) is 0 Å². The maximum atomic E-state index is 12.6. The van der Waals surface area contributed by atoms with Gasteiger partial charge < -0.3 is 19.5 Å². The van der Waals surface area contributed by atoms with Gasteiger partial charge in [-0.2, -0.15) is 0 Å². The Hall–Kier alpha value is -2.02. The number of likely N-dealkylation sites (tertiary alicyclic amines) is 1. The fourth-order valence-corrected chi connectivity index (χ4v) is 3.39. The molecule has 2 rings (SSSR count). The molecule has 8 heteroatoms. The highest BCUT2D eigenvalue weighted by molar-refractivity contribution is 6.31. The molecule has 1 aromatic rings. The van der Waals surface area contributed by atoms with Crippen molar-refractivity contribution in [2.45, 2.75) is 32.2 Å². The van der Waals surface area contributed by atoms with E-state index >= 15 is 0 Å². The number of carbonyl (C=O) groups excluding carboxylic acids is 2. The fraction of sp³-hybridized carbons (Fsp3) is 0.562. The van der Waals surface area contributed by atoms with E-state index in [2.05, 4.69) is 0 Å². The van der Waals surface area contributed by atoms with E-state index in [4.69, 9.17) is 16.7 Å². The molecule has 1 saturated heterocycles. The highest BCUT2D eigenvalue weighted by atomic mass is 35.5. The van der Waals surface area contributed by atoms with Crippen LogP contribution in [0.3, 0.4) is 0 Å². The summed E-state index contributed by atoms with van der Waals surface area (Å²) in [6, 6.07) is 1.48. The van der Waals surface area contributed by atoms with E-state index in [-0.39, 0.29) is 24.4 Å². The predicted molar refractivity (Wildman–Crippen MR) is 89.0 cm³/mol. The molecule has 7 nitrogen and oxygen atoms in total. The van der Waals surface area contributed by atoms with Crippen molar-refractivity contribution in [1.82, 2.24) is 14.4 Å². The van der Waals surface area contributed by atoms with E-state index in [0.717, 1.165) is 6.42 Å². The third kappa shape index (κ3) is 4.29. The van der Waals surface area contributed by atoms with Crippen LogP contribution in [0, 0.1) is 0 Å². The van der Waals surface area contributed by atoms with Gasteiger partial charge in [0.25, 0.3) is 5.91 Å². The van der Waals surface area contributed by atoms with Crippen LogP contribution in [0.5, 0.6) is 0 Å². The van der Waals surface area contributed by atoms with Gasteiger partial charge in [-0.15, -0.1) is 0 Å². The molecule has 0 bridgehead atoms. The summed E-state index contributed by atoms with van der Waals surface area (Å²) in [6.45, 7) is 2.14. The van der Waals surface area contributed by atoms with Gasteiger partial charge in [0.2, 0.25) is 5.91 Å². The Kier molecular flexibility index (Phi) is 5.88.